The predicted octanol–water partition coefficient (Wildman–Crippen LogP) is 2.83. The maximum atomic E-state index is 10.9. The molecule has 0 unspecified atom stereocenters. The predicted molar refractivity (Wildman–Crippen MR) is 61.3 cm³/mol. The van der Waals surface area contributed by atoms with Crippen LogP contribution in [0, 0.1) is 0 Å². The Morgan fingerprint density at radius 3 is 1.81 bits per heavy atom. The molecule has 4 heteroatoms. The monoisotopic (exact) mass is 228 g/mol. The maximum Gasteiger partial charge on any atom is 0.332 e. The van der Waals surface area contributed by atoms with Crippen molar-refractivity contribution in [3.8, 4) is 0 Å². The first-order chi connectivity index (χ1) is 7.54. The lowest BCUT2D eigenvalue weighted by molar-refractivity contribution is -0.136. The van der Waals surface area contributed by atoms with Gasteiger partial charge in [-0.3, -0.25) is 0 Å². The third-order valence-corrected chi connectivity index (χ3v) is 2.51. The minimum atomic E-state index is -1.12. The van der Waals surface area contributed by atoms with Crippen LogP contribution in [-0.2, 0) is 9.59 Å². The van der Waals surface area contributed by atoms with E-state index in [0.717, 1.165) is 25.7 Å². The van der Waals surface area contributed by atoms with Crippen LogP contribution in [0.3, 0.4) is 0 Å². The topological polar surface area (TPSA) is 74.6 Å². The van der Waals surface area contributed by atoms with Gasteiger partial charge < -0.3 is 10.2 Å². The summed E-state index contributed by atoms with van der Waals surface area (Å²) in [6, 6.07) is 0. The molecule has 0 atom stereocenters. The summed E-state index contributed by atoms with van der Waals surface area (Å²) < 4.78 is 0. The Kier molecular flexibility index (Phi) is 7.25. The molecule has 92 valence electrons. The molecule has 16 heavy (non-hydrogen) atoms. The summed E-state index contributed by atoms with van der Waals surface area (Å²) in [5.74, 6) is -2.22. The average molecular weight is 228 g/mol. The molecule has 0 aromatic carbocycles. The minimum Gasteiger partial charge on any atom is -0.478 e. The smallest absolute Gasteiger partial charge is 0.332 e. The van der Waals surface area contributed by atoms with Crippen LogP contribution in [0.4, 0.5) is 0 Å². The Morgan fingerprint density at radius 1 is 0.875 bits per heavy atom. The number of carbonyl (C=O) groups is 2. The van der Waals surface area contributed by atoms with Crippen molar-refractivity contribution in [3.63, 3.8) is 0 Å². The summed E-state index contributed by atoms with van der Waals surface area (Å²) in [6.07, 6.45) is 4.43. The molecule has 0 saturated carbocycles. The minimum absolute atomic E-state index is 0.0315. The summed E-state index contributed by atoms with van der Waals surface area (Å²) in [4.78, 5) is 21.8. The third-order valence-electron chi connectivity index (χ3n) is 2.51. The van der Waals surface area contributed by atoms with Gasteiger partial charge in [-0.1, -0.05) is 33.1 Å². The van der Waals surface area contributed by atoms with Gasteiger partial charge in [-0.05, 0) is 19.3 Å². The van der Waals surface area contributed by atoms with E-state index in [1.165, 1.54) is 0 Å². The van der Waals surface area contributed by atoms with Crippen molar-refractivity contribution in [1.82, 2.24) is 0 Å². The van der Waals surface area contributed by atoms with Crippen LogP contribution < -0.4 is 0 Å². The van der Waals surface area contributed by atoms with Crippen LogP contribution in [0.25, 0.3) is 0 Å². The first-order valence-corrected chi connectivity index (χ1v) is 5.73. The molecular formula is C12H20O4. The lowest BCUT2D eigenvalue weighted by Crippen LogP contribution is -2.11. The van der Waals surface area contributed by atoms with Gasteiger partial charge in [0.25, 0.3) is 0 Å². The number of unbranched alkanes of at least 4 members (excludes halogenated alkanes) is 3. The van der Waals surface area contributed by atoms with E-state index in [2.05, 4.69) is 6.92 Å². The second-order valence-corrected chi connectivity index (χ2v) is 3.73. The van der Waals surface area contributed by atoms with Gasteiger partial charge in [0, 0.05) is 11.1 Å². The molecule has 0 saturated heterocycles. The molecule has 0 spiro atoms. The Labute approximate surface area is 96.0 Å². The number of rotatable bonds is 8. The Hall–Kier alpha value is -1.32. The molecular weight excluding hydrogens is 208 g/mol. The Balaban J connectivity index is 4.59. The first kappa shape index (κ1) is 14.7. The van der Waals surface area contributed by atoms with Crippen LogP contribution in [-0.4, -0.2) is 22.2 Å². The molecule has 0 aliphatic rings. The van der Waals surface area contributed by atoms with Crippen molar-refractivity contribution in [1.29, 1.82) is 0 Å². The fourth-order valence-corrected chi connectivity index (χ4v) is 1.61. The molecule has 0 aliphatic heterocycles. The third kappa shape index (κ3) is 4.96. The van der Waals surface area contributed by atoms with E-state index in [0.29, 0.717) is 6.42 Å². The Morgan fingerprint density at radius 2 is 1.44 bits per heavy atom. The molecule has 0 heterocycles. The van der Waals surface area contributed by atoms with Gasteiger partial charge >= 0.3 is 11.9 Å². The van der Waals surface area contributed by atoms with Gasteiger partial charge in [-0.2, -0.15) is 0 Å². The van der Waals surface area contributed by atoms with E-state index in [1.54, 1.807) is 6.92 Å². The molecule has 0 radical (unpaired) electrons. The van der Waals surface area contributed by atoms with Crippen LogP contribution in [0.2, 0.25) is 0 Å². The molecule has 0 bridgehead atoms. The molecule has 0 rings (SSSR count). The van der Waals surface area contributed by atoms with Gasteiger partial charge in [-0.25, -0.2) is 9.59 Å². The van der Waals surface area contributed by atoms with Crippen molar-refractivity contribution in [2.24, 2.45) is 0 Å². The van der Waals surface area contributed by atoms with E-state index < -0.39 is 11.9 Å². The van der Waals surface area contributed by atoms with E-state index in [9.17, 15) is 9.59 Å². The zero-order valence-electron chi connectivity index (χ0n) is 9.95. The van der Waals surface area contributed by atoms with Gasteiger partial charge in [0.05, 0.1) is 0 Å². The second kappa shape index (κ2) is 7.91. The molecule has 4 nitrogen and oxygen atoms in total. The first-order valence-electron chi connectivity index (χ1n) is 5.73. The standard InChI is InChI=1S/C12H20O4/c1-3-5-6-7-8-10(12(15)16)9(4-2)11(13)14/h3-8H2,1-2H3,(H,13,14)(H,15,16). The van der Waals surface area contributed by atoms with Crippen molar-refractivity contribution in [2.45, 2.75) is 52.4 Å². The maximum absolute atomic E-state index is 10.9. The zero-order valence-corrected chi connectivity index (χ0v) is 9.95. The van der Waals surface area contributed by atoms with Crippen molar-refractivity contribution < 1.29 is 19.8 Å². The van der Waals surface area contributed by atoms with Crippen LogP contribution in [0.15, 0.2) is 11.1 Å². The molecule has 2 N–H and O–H groups in total. The summed E-state index contributed by atoms with van der Waals surface area (Å²) in [5, 5.41) is 17.8. The second-order valence-electron chi connectivity index (χ2n) is 3.73. The van der Waals surface area contributed by atoms with E-state index >= 15 is 0 Å². The number of aliphatic carboxylic acids is 2. The van der Waals surface area contributed by atoms with Gasteiger partial charge in [-0.15, -0.1) is 0 Å². The molecule has 0 fully saturated rings. The number of carboxylic acid groups (broad SMARTS) is 2. The van der Waals surface area contributed by atoms with E-state index in [-0.39, 0.29) is 17.6 Å². The number of hydrogen-bond donors (Lipinski definition) is 2. The largest absolute Gasteiger partial charge is 0.478 e. The normalized spacial score (nSPS) is 12.1. The van der Waals surface area contributed by atoms with Gasteiger partial charge in [0.2, 0.25) is 0 Å². The lowest BCUT2D eigenvalue weighted by Gasteiger charge is -2.06. The fourth-order valence-electron chi connectivity index (χ4n) is 1.61. The van der Waals surface area contributed by atoms with Crippen molar-refractivity contribution in [2.75, 3.05) is 0 Å². The quantitative estimate of drug-likeness (QED) is 0.495. The molecule has 0 aliphatic carbocycles. The van der Waals surface area contributed by atoms with Gasteiger partial charge in [0.1, 0.15) is 0 Å². The SMILES string of the molecule is CCCCCCC(C(=O)O)=C(CC)C(=O)O. The van der Waals surface area contributed by atoms with E-state index in [1.807, 2.05) is 0 Å². The van der Waals surface area contributed by atoms with E-state index in [4.69, 9.17) is 10.2 Å². The average Bonchev–Trinajstić information content (AvgIpc) is 2.21. The Bertz CT molecular complexity index is 279. The van der Waals surface area contributed by atoms with Crippen molar-refractivity contribution >= 4 is 11.9 Å². The summed E-state index contributed by atoms with van der Waals surface area (Å²) >= 11 is 0. The fraction of sp³-hybridized carbons (Fsp3) is 0.667. The summed E-state index contributed by atoms with van der Waals surface area (Å²) in [7, 11) is 0. The highest BCUT2D eigenvalue weighted by Gasteiger charge is 2.17. The van der Waals surface area contributed by atoms with Gasteiger partial charge in [0.15, 0.2) is 0 Å². The summed E-state index contributed by atoms with van der Waals surface area (Å²) in [6.45, 7) is 3.74. The lowest BCUT2D eigenvalue weighted by atomic mass is 9.99. The highest BCUT2D eigenvalue weighted by atomic mass is 16.4. The number of hydrogen-bond acceptors (Lipinski definition) is 2. The van der Waals surface area contributed by atoms with Crippen LogP contribution in [0.1, 0.15) is 52.4 Å². The van der Waals surface area contributed by atoms with Crippen LogP contribution >= 0.6 is 0 Å². The number of carboxylic acids is 2. The molecule has 0 aromatic heterocycles. The zero-order chi connectivity index (χ0) is 12.6. The highest BCUT2D eigenvalue weighted by Crippen LogP contribution is 2.17. The summed E-state index contributed by atoms with van der Waals surface area (Å²) in [5.41, 5.74) is 0.0927. The molecule has 0 aromatic rings. The highest BCUT2D eigenvalue weighted by molar-refractivity contribution is 5.98. The molecule has 0 amide bonds. The van der Waals surface area contributed by atoms with Crippen molar-refractivity contribution in [3.05, 3.63) is 11.1 Å². The van der Waals surface area contributed by atoms with Crippen LogP contribution in [0.5, 0.6) is 0 Å².